The fourth-order valence-corrected chi connectivity index (χ4v) is 10.7. The van der Waals surface area contributed by atoms with Crippen LogP contribution in [-0.4, -0.2) is 47.4 Å². The molecule has 0 rings (SSSR count). The van der Waals surface area contributed by atoms with Crippen LogP contribution in [0.15, 0.2) is 24.3 Å². The number of nitrogens with one attached hydrogen (secondary N) is 1. The number of aliphatic hydroxyl groups is 2. The Morgan fingerprint density at radius 3 is 0.987 bits per heavy atom. The summed E-state index contributed by atoms with van der Waals surface area (Å²) in [5.74, 6) is -0.0204. The molecule has 0 aromatic carbocycles. The summed E-state index contributed by atoms with van der Waals surface area (Å²) >= 11 is 0. The van der Waals surface area contributed by atoms with Crippen LogP contribution in [0.5, 0.6) is 0 Å². The highest BCUT2D eigenvalue weighted by atomic mass is 16.5. The van der Waals surface area contributed by atoms with Crippen LogP contribution in [0, 0.1) is 0 Å². The topological polar surface area (TPSA) is 95.9 Å². The molecule has 0 spiro atoms. The molecule has 0 aliphatic rings. The molecule has 0 aromatic heterocycles. The van der Waals surface area contributed by atoms with Gasteiger partial charge in [0.1, 0.15) is 0 Å². The number of hydrogen-bond acceptors (Lipinski definition) is 5. The molecule has 0 radical (unpaired) electrons. The SMILES string of the molecule is CCCC/C=C\CCCCCCCC(=O)OCCCCCCCCCCCCCCCCCC/C=C\CCCCCCCCCCCCCCCCCCCC(=O)NC(CO)C(O)CCCCCCCCCCCC. The predicted molar refractivity (Wildman–Crippen MR) is 329 cm³/mol. The van der Waals surface area contributed by atoms with Crippen LogP contribution in [0.2, 0.25) is 0 Å². The highest BCUT2D eigenvalue weighted by Crippen LogP contribution is 2.18. The number of carbonyl (C=O) groups excluding carboxylic acids is 2. The Morgan fingerprint density at radius 1 is 0.360 bits per heavy atom. The van der Waals surface area contributed by atoms with E-state index in [0.717, 1.165) is 44.9 Å². The van der Waals surface area contributed by atoms with Crippen LogP contribution in [0.1, 0.15) is 380 Å². The van der Waals surface area contributed by atoms with Crippen molar-refractivity contribution in [2.75, 3.05) is 13.2 Å². The van der Waals surface area contributed by atoms with E-state index >= 15 is 0 Å². The largest absolute Gasteiger partial charge is 0.466 e. The van der Waals surface area contributed by atoms with Gasteiger partial charge in [0, 0.05) is 12.8 Å². The average Bonchev–Trinajstić information content (AvgIpc) is 3.41. The van der Waals surface area contributed by atoms with Crippen molar-refractivity contribution >= 4 is 11.9 Å². The Balaban J connectivity index is 3.30. The highest BCUT2D eigenvalue weighted by Gasteiger charge is 2.20. The molecule has 3 N–H and O–H groups in total. The monoisotopic (exact) mass is 1060 g/mol. The van der Waals surface area contributed by atoms with Gasteiger partial charge in [-0.25, -0.2) is 0 Å². The average molecular weight is 1060 g/mol. The lowest BCUT2D eigenvalue weighted by molar-refractivity contribution is -0.143. The van der Waals surface area contributed by atoms with Gasteiger partial charge < -0.3 is 20.3 Å². The predicted octanol–water partition coefficient (Wildman–Crippen LogP) is 21.8. The molecular formula is C69H133NO5. The van der Waals surface area contributed by atoms with E-state index in [4.69, 9.17) is 4.74 Å². The van der Waals surface area contributed by atoms with Crippen molar-refractivity contribution in [2.24, 2.45) is 0 Å². The van der Waals surface area contributed by atoms with E-state index in [0.29, 0.717) is 25.9 Å². The number of rotatable bonds is 64. The molecule has 75 heavy (non-hydrogen) atoms. The standard InChI is InChI=1S/C69H133NO5/c1-3-5-7-9-11-13-42-47-51-55-59-63-69(74)75-64-60-56-52-48-44-41-39-37-35-33-31-29-27-25-23-21-19-17-15-16-18-20-22-24-26-28-30-32-34-36-38-40-43-46-50-54-58-62-68(73)70-66(65-71)67(72)61-57-53-49-45-14-12-10-8-6-4-2/h9,11,15,17,66-67,71-72H,3-8,10,12-14,16,18-65H2,1-2H3,(H,70,73)/b11-9-,17-15-. The van der Waals surface area contributed by atoms with Gasteiger partial charge in [-0.3, -0.25) is 9.59 Å². The first-order chi connectivity index (χ1) is 37.0. The van der Waals surface area contributed by atoms with Crippen LogP contribution in [0.25, 0.3) is 0 Å². The third-order valence-electron chi connectivity index (χ3n) is 16.0. The number of ether oxygens (including phenoxy) is 1. The third-order valence-corrected chi connectivity index (χ3v) is 16.0. The van der Waals surface area contributed by atoms with E-state index in [1.165, 1.54) is 302 Å². The number of aliphatic hydroxyl groups excluding tert-OH is 2. The highest BCUT2D eigenvalue weighted by molar-refractivity contribution is 5.76. The summed E-state index contributed by atoms with van der Waals surface area (Å²) in [6, 6.07) is -0.536. The summed E-state index contributed by atoms with van der Waals surface area (Å²) in [4.78, 5) is 24.4. The van der Waals surface area contributed by atoms with E-state index in [9.17, 15) is 19.8 Å². The maximum atomic E-state index is 12.4. The van der Waals surface area contributed by atoms with Crippen molar-refractivity contribution in [1.82, 2.24) is 5.32 Å². The Hall–Kier alpha value is -1.66. The molecule has 1 amide bonds. The van der Waals surface area contributed by atoms with Crippen molar-refractivity contribution in [2.45, 2.75) is 392 Å². The zero-order valence-corrected chi connectivity index (χ0v) is 50.8. The number of carbonyl (C=O) groups is 2. The summed E-state index contributed by atoms with van der Waals surface area (Å²) in [5.41, 5.74) is 0. The Labute approximate surface area is 469 Å². The molecule has 0 aromatic rings. The van der Waals surface area contributed by atoms with Gasteiger partial charge in [-0.05, 0) is 70.6 Å². The number of hydrogen-bond donors (Lipinski definition) is 3. The van der Waals surface area contributed by atoms with Crippen LogP contribution in [0.4, 0.5) is 0 Å². The van der Waals surface area contributed by atoms with Crippen LogP contribution in [0.3, 0.4) is 0 Å². The quantitative estimate of drug-likeness (QED) is 0.0320. The van der Waals surface area contributed by atoms with Crippen molar-refractivity contribution in [1.29, 1.82) is 0 Å². The van der Waals surface area contributed by atoms with Gasteiger partial charge in [-0.1, -0.05) is 321 Å². The first-order valence-corrected chi connectivity index (χ1v) is 34.1. The third kappa shape index (κ3) is 61.4. The second-order valence-corrected chi connectivity index (χ2v) is 23.5. The molecule has 0 saturated carbocycles. The maximum Gasteiger partial charge on any atom is 0.305 e. The van der Waals surface area contributed by atoms with Crippen LogP contribution < -0.4 is 5.32 Å². The molecule has 6 heteroatoms. The van der Waals surface area contributed by atoms with Crippen LogP contribution in [-0.2, 0) is 14.3 Å². The summed E-state index contributed by atoms with van der Waals surface area (Å²) in [7, 11) is 0. The number of allylic oxidation sites excluding steroid dienone is 4. The van der Waals surface area contributed by atoms with E-state index < -0.39 is 12.1 Å². The minimum absolute atomic E-state index is 0.0105. The normalized spacial score (nSPS) is 12.6. The minimum Gasteiger partial charge on any atom is -0.466 e. The van der Waals surface area contributed by atoms with Crippen LogP contribution >= 0.6 is 0 Å². The van der Waals surface area contributed by atoms with Gasteiger partial charge >= 0.3 is 5.97 Å². The van der Waals surface area contributed by atoms with E-state index in [2.05, 4.69) is 43.5 Å². The summed E-state index contributed by atoms with van der Waals surface area (Å²) in [5, 5.41) is 23.2. The summed E-state index contributed by atoms with van der Waals surface area (Å²) in [6.45, 7) is 4.92. The van der Waals surface area contributed by atoms with E-state index in [-0.39, 0.29) is 18.5 Å². The lowest BCUT2D eigenvalue weighted by atomic mass is 10.0. The second kappa shape index (κ2) is 64.9. The van der Waals surface area contributed by atoms with Crippen molar-refractivity contribution in [3.05, 3.63) is 24.3 Å². The second-order valence-electron chi connectivity index (χ2n) is 23.5. The Kier molecular flexibility index (Phi) is 63.4. The molecule has 0 aliphatic heterocycles. The van der Waals surface area contributed by atoms with Gasteiger partial charge in [0.15, 0.2) is 0 Å². The van der Waals surface area contributed by atoms with Crippen molar-refractivity contribution in [3.63, 3.8) is 0 Å². The van der Waals surface area contributed by atoms with Gasteiger partial charge in [-0.2, -0.15) is 0 Å². The van der Waals surface area contributed by atoms with Gasteiger partial charge in [-0.15, -0.1) is 0 Å². The van der Waals surface area contributed by atoms with E-state index in [1.54, 1.807) is 0 Å². The summed E-state index contributed by atoms with van der Waals surface area (Å²) in [6.07, 6.45) is 81.0. The number of esters is 1. The Bertz CT molecular complexity index is 1170. The maximum absolute atomic E-state index is 12.4. The molecule has 0 bridgehead atoms. The molecule has 2 unspecified atom stereocenters. The number of amides is 1. The van der Waals surface area contributed by atoms with Gasteiger partial charge in [0.2, 0.25) is 5.91 Å². The van der Waals surface area contributed by atoms with Gasteiger partial charge in [0.05, 0.1) is 25.4 Å². The molecule has 444 valence electrons. The molecule has 0 saturated heterocycles. The molecule has 2 atom stereocenters. The molecule has 0 aliphatic carbocycles. The molecular weight excluding hydrogens is 923 g/mol. The molecule has 0 heterocycles. The molecule has 6 nitrogen and oxygen atoms in total. The fraction of sp³-hybridized carbons (Fsp3) is 0.913. The first kappa shape index (κ1) is 73.3. The zero-order valence-electron chi connectivity index (χ0n) is 50.8. The van der Waals surface area contributed by atoms with Crippen molar-refractivity contribution in [3.8, 4) is 0 Å². The lowest BCUT2D eigenvalue weighted by Crippen LogP contribution is -2.45. The first-order valence-electron chi connectivity index (χ1n) is 34.1. The smallest absolute Gasteiger partial charge is 0.305 e. The Morgan fingerprint density at radius 2 is 0.640 bits per heavy atom. The zero-order chi connectivity index (χ0) is 54.3. The minimum atomic E-state index is -0.659. The fourth-order valence-electron chi connectivity index (χ4n) is 10.7. The van der Waals surface area contributed by atoms with E-state index in [1.807, 2.05) is 0 Å². The van der Waals surface area contributed by atoms with Crippen molar-refractivity contribution < 1.29 is 24.5 Å². The lowest BCUT2D eigenvalue weighted by Gasteiger charge is -2.22. The number of unbranched alkanes of at least 4 members (excludes halogenated alkanes) is 49. The molecule has 0 fully saturated rings. The van der Waals surface area contributed by atoms with Gasteiger partial charge in [0.25, 0.3) is 0 Å². The summed E-state index contributed by atoms with van der Waals surface area (Å²) < 4.78 is 5.47.